The van der Waals surface area contributed by atoms with E-state index in [0.29, 0.717) is 25.3 Å². The third-order valence-electron chi connectivity index (χ3n) is 1.38. The molecule has 0 saturated carbocycles. The topological polar surface area (TPSA) is 52.9 Å². The number of amides is 1. The zero-order valence-electron chi connectivity index (χ0n) is 7.76. The van der Waals surface area contributed by atoms with Gasteiger partial charge in [0.05, 0.1) is 6.07 Å². The van der Waals surface area contributed by atoms with Crippen molar-refractivity contribution in [2.45, 2.75) is 33.1 Å². The van der Waals surface area contributed by atoms with E-state index in [-0.39, 0.29) is 5.91 Å². The van der Waals surface area contributed by atoms with Gasteiger partial charge >= 0.3 is 0 Å². The molecule has 0 aliphatic rings. The molecule has 12 heavy (non-hydrogen) atoms. The normalized spacial score (nSPS) is 9.50. The second-order valence-electron chi connectivity index (χ2n) is 3.21. The van der Waals surface area contributed by atoms with Crippen molar-refractivity contribution in [3.8, 4) is 6.07 Å². The van der Waals surface area contributed by atoms with Gasteiger partial charge in [-0.2, -0.15) is 5.26 Å². The zero-order valence-corrected chi connectivity index (χ0v) is 7.76. The highest BCUT2D eigenvalue weighted by Crippen LogP contribution is 1.97. The molecule has 0 unspecified atom stereocenters. The van der Waals surface area contributed by atoms with Crippen molar-refractivity contribution >= 4 is 5.91 Å². The lowest BCUT2D eigenvalue weighted by atomic mass is 10.1. The van der Waals surface area contributed by atoms with Crippen molar-refractivity contribution < 1.29 is 4.79 Å². The van der Waals surface area contributed by atoms with Crippen LogP contribution < -0.4 is 5.32 Å². The molecule has 0 fully saturated rings. The number of nitrogens with one attached hydrogen (secondary N) is 1. The molecule has 1 amide bonds. The Morgan fingerprint density at radius 3 is 2.75 bits per heavy atom. The lowest BCUT2D eigenvalue weighted by Crippen LogP contribution is -2.25. The highest BCUT2D eigenvalue weighted by molar-refractivity contribution is 5.75. The second kappa shape index (κ2) is 6.66. The number of nitriles is 1. The highest BCUT2D eigenvalue weighted by atomic mass is 16.1. The minimum Gasteiger partial charge on any atom is -0.356 e. The van der Waals surface area contributed by atoms with E-state index in [1.54, 1.807) is 0 Å². The van der Waals surface area contributed by atoms with Gasteiger partial charge < -0.3 is 5.32 Å². The van der Waals surface area contributed by atoms with Crippen LogP contribution in [0.5, 0.6) is 0 Å². The molecule has 0 heterocycles. The van der Waals surface area contributed by atoms with Crippen LogP contribution in [0, 0.1) is 17.2 Å². The molecular weight excluding hydrogens is 152 g/mol. The monoisotopic (exact) mass is 168 g/mol. The van der Waals surface area contributed by atoms with E-state index in [2.05, 4.69) is 5.32 Å². The minimum atomic E-state index is 0.0861. The molecule has 0 bridgehead atoms. The van der Waals surface area contributed by atoms with Crippen LogP contribution >= 0.6 is 0 Å². The zero-order chi connectivity index (χ0) is 9.40. The first kappa shape index (κ1) is 11.0. The SMILES string of the molecule is CC(C)CC(=O)NCCCC#N. The smallest absolute Gasteiger partial charge is 0.220 e. The Labute approximate surface area is 73.8 Å². The number of unbranched alkanes of at least 4 members (excludes halogenated alkanes) is 1. The fraction of sp³-hybridized carbons (Fsp3) is 0.778. The molecule has 0 aromatic heterocycles. The number of nitrogens with zero attached hydrogens (tertiary/aromatic N) is 1. The summed E-state index contributed by atoms with van der Waals surface area (Å²) in [7, 11) is 0. The average Bonchev–Trinajstić information content (AvgIpc) is 1.97. The van der Waals surface area contributed by atoms with E-state index >= 15 is 0 Å². The van der Waals surface area contributed by atoms with Gasteiger partial charge in [-0.15, -0.1) is 0 Å². The predicted octanol–water partition coefficient (Wildman–Crippen LogP) is 1.45. The molecule has 0 aromatic carbocycles. The van der Waals surface area contributed by atoms with Gasteiger partial charge in [0.2, 0.25) is 5.91 Å². The molecule has 0 aromatic rings. The Morgan fingerprint density at radius 1 is 1.58 bits per heavy atom. The van der Waals surface area contributed by atoms with Crippen molar-refractivity contribution in [3.05, 3.63) is 0 Å². The molecule has 0 radical (unpaired) electrons. The summed E-state index contributed by atoms with van der Waals surface area (Å²) in [6, 6.07) is 2.03. The maximum absolute atomic E-state index is 11.0. The van der Waals surface area contributed by atoms with Gasteiger partial charge in [0, 0.05) is 19.4 Å². The standard InChI is InChI=1S/C9H16N2O/c1-8(2)7-9(12)11-6-4-3-5-10/h8H,3-4,6-7H2,1-2H3,(H,11,12). The molecule has 0 atom stereocenters. The molecule has 0 aliphatic heterocycles. The summed E-state index contributed by atoms with van der Waals surface area (Å²) in [5.41, 5.74) is 0. The maximum Gasteiger partial charge on any atom is 0.220 e. The fourth-order valence-corrected chi connectivity index (χ4v) is 0.838. The molecule has 1 N–H and O–H groups in total. The van der Waals surface area contributed by atoms with E-state index < -0.39 is 0 Å². The first-order valence-corrected chi connectivity index (χ1v) is 4.30. The molecule has 3 heteroatoms. The van der Waals surface area contributed by atoms with Crippen LogP contribution in [0.4, 0.5) is 0 Å². The summed E-state index contributed by atoms with van der Waals surface area (Å²) >= 11 is 0. The summed E-state index contributed by atoms with van der Waals surface area (Å²) < 4.78 is 0. The van der Waals surface area contributed by atoms with Gasteiger partial charge in [0.1, 0.15) is 0 Å². The van der Waals surface area contributed by atoms with Crippen LogP contribution in [-0.4, -0.2) is 12.5 Å². The Balaban J connectivity index is 3.27. The molecule has 0 spiro atoms. The third kappa shape index (κ3) is 7.07. The predicted molar refractivity (Wildman–Crippen MR) is 47.3 cm³/mol. The van der Waals surface area contributed by atoms with Crippen LogP contribution in [0.3, 0.4) is 0 Å². The summed E-state index contributed by atoms with van der Waals surface area (Å²) in [6.07, 6.45) is 1.84. The van der Waals surface area contributed by atoms with E-state index in [1.165, 1.54) is 0 Å². The van der Waals surface area contributed by atoms with Crippen molar-refractivity contribution in [3.63, 3.8) is 0 Å². The molecular formula is C9H16N2O. The minimum absolute atomic E-state index is 0.0861. The lowest BCUT2D eigenvalue weighted by molar-refractivity contribution is -0.121. The Morgan fingerprint density at radius 2 is 2.25 bits per heavy atom. The van der Waals surface area contributed by atoms with Crippen molar-refractivity contribution in [1.82, 2.24) is 5.32 Å². The van der Waals surface area contributed by atoms with Crippen molar-refractivity contribution in [2.24, 2.45) is 5.92 Å². The lowest BCUT2D eigenvalue weighted by Gasteiger charge is -2.05. The molecule has 0 rings (SSSR count). The Hall–Kier alpha value is -1.04. The van der Waals surface area contributed by atoms with Gasteiger partial charge in [-0.1, -0.05) is 13.8 Å². The maximum atomic E-state index is 11.0. The van der Waals surface area contributed by atoms with Crippen molar-refractivity contribution in [2.75, 3.05) is 6.54 Å². The summed E-state index contributed by atoms with van der Waals surface area (Å²) in [6.45, 7) is 4.64. The van der Waals surface area contributed by atoms with Crippen molar-refractivity contribution in [1.29, 1.82) is 5.26 Å². The van der Waals surface area contributed by atoms with Gasteiger partial charge in [-0.05, 0) is 12.3 Å². The van der Waals surface area contributed by atoms with Crippen LogP contribution in [0.2, 0.25) is 0 Å². The average molecular weight is 168 g/mol. The second-order valence-corrected chi connectivity index (χ2v) is 3.21. The van der Waals surface area contributed by atoms with E-state index in [4.69, 9.17) is 5.26 Å². The molecule has 3 nitrogen and oxygen atoms in total. The third-order valence-corrected chi connectivity index (χ3v) is 1.38. The Kier molecular flexibility index (Phi) is 6.08. The number of carbonyl (C=O) groups is 1. The first-order valence-electron chi connectivity index (χ1n) is 4.30. The molecule has 0 saturated heterocycles. The van der Waals surface area contributed by atoms with Crippen LogP contribution in [0.15, 0.2) is 0 Å². The van der Waals surface area contributed by atoms with E-state index in [9.17, 15) is 4.79 Å². The number of hydrogen-bond donors (Lipinski definition) is 1. The number of rotatable bonds is 5. The van der Waals surface area contributed by atoms with Crippen LogP contribution in [0.1, 0.15) is 33.1 Å². The van der Waals surface area contributed by atoms with Gasteiger partial charge in [-0.25, -0.2) is 0 Å². The summed E-state index contributed by atoms with van der Waals surface area (Å²) in [5, 5.41) is 11.0. The summed E-state index contributed by atoms with van der Waals surface area (Å²) in [5.74, 6) is 0.490. The van der Waals surface area contributed by atoms with E-state index in [1.807, 2.05) is 19.9 Å². The van der Waals surface area contributed by atoms with Gasteiger partial charge in [-0.3, -0.25) is 4.79 Å². The van der Waals surface area contributed by atoms with Crippen LogP contribution in [0.25, 0.3) is 0 Å². The van der Waals surface area contributed by atoms with Gasteiger partial charge in [0.15, 0.2) is 0 Å². The highest BCUT2D eigenvalue weighted by Gasteiger charge is 2.02. The van der Waals surface area contributed by atoms with Crippen LogP contribution in [-0.2, 0) is 4.79 Å². The van der Waals surface area contributed by atoms with Gasteiger partial charge in [0.25, 0.3) is 0 Å². The first-order chi connectivity index (χ1) is 5.66. The fourth-order valence-electron chi connectivity index (χ4n) is 0.838. The largest absolute Gasteiger partial charge is 0.356 e. The quantitative estimate of drug-likeness (QED) is 0.632. The molecule has 0 aliphatic carbocycles. The molecule has 68 valence electrons. The Bertz CT molecular complexity index is 170. The number of hydrogen-bond acceptors (Lipinski definition) is 2. The summed E-state index contributed by atoms with van der Waals surface area (Å²) in [4.78, 5) is 11.0. The number of carbonyl (C=O) groups excluding carboxylic acids is 1. The van der Waals surface area contributed by atoms with E-state index in [0.717, 1.165) is 6.42 Å².